The number of nitrogens with one attached hydrogen (secondary N) is 2. The first-order valence-corrected chi connectivity index (χ1v) is 7.53. The first kappa shape index (κ1) is 14.5. The Kier molecular flexibility index (Phi) is 4.99. The summed E-state index contributed by atoms with van der Waals surface area (Å²) in [5.41, 5.74) is -0.0125. The third kappa shape index (κ3) is 3.36. The van der Waals surface area contributed by atoms with Crippen LogP contribution in [0.1, 0.15) is 32.6 Å². The summed E-state index contributed by atoms with van der Waals surface area (Å²) in [6.07, 6.45) is 6.10. The Balaban J connectivity index is 1.99. The van der Waals surface area contributed by atoms with Gasteiger partial charge < -0.3 is 15.4 Å². The molecule has 1 aliphatic carbocycles. The standard InChI is InChI=1S/C13H21BrN4O/c1-3-7-15-11-10(14)12(18-9-17-11)16-8-13(19-2)5-4-6-13/h9H,3-8H2,1-2H3,(H2,15,16,17,18). The first-order valence-electron chi connectivity index (χ1n) is 6.74. The van der Waals surface area contributed by atoms with Gasteiger partial charge in [0.1, 0.15) is 22.4 Å². The molecule has 0 unspecified atom stereocenters. The third-order valence-electron chi connectivity index (χ3n) is 3.61. The maximum Gasteiger partial charge on any atom is 0.146 e. The minimum absolute atomic E-state index is 0.0125. The Morgan fingerprint density at radius 2 is 2.00 bits per heavy atom. The van der Waals surface area contributed by atoms with Crippen LogP contribution in [0.3, 0.4) is 0 Å². The highest BCUT2D eigenvalue weighted by Crippen LogP contribution is 2.36. The average molecular weight is 329 g/mol. The van der Waals surface area contributed by atoms with Gasteiger partial charge in [0.15, 0.2) is 0 Å². The molecule has 0 bridgehead atoms. The molecule has 1 aliphatic rings. The lowest BCUT2D eigenvalue weighted by Gasteiger charge is -2.40. The summed E-state index contributed by atoms with van der Waals surface area (Å²) in [6, 6.07) is 0. The fraction of sp³-hybridized carbons (Fsp3) is 0.692. The molecule has 1 aromatic rings. The molecule has 0 spiro atoms. The zero-order valence-corrected chi connectivity index (χ0v) is 13.1. The predicted octanol–water partition coefficient (Wildman–Crippen LogP) is 3.04. The Bertz CT molecular complexity index is 418. The lowest BCUT2D eigenvalue weighted by Crippen LogP contribution is -2.45. The smallest absolute Gasteiger partial charge is 0.146 e. The molecule has 0 saturated heterocycles. The molecular weight excluding hydrogens is 308 g/mol. The third-order valence-corrected chi connectivity index (χ3v) is 4.36. The monoisotopic (exact) mass is 328 g/mol. The minimum atomic E-state index is -0.0125. The average Bonchev–Trinajstić information content (AvgIpc) is 2.38. The molecule has 2 N–H and O–H groups in total. The van der Waals surface area contributed by atoms with Crippen LogP contribution in [-0.2, 0) is 4.74 Å². The number of hydrogen-bond donors (Lipinski definition) is 2. The van der Waals surface area contributed by atoms with Crippen LogP contribution in [-0.4, -0.2) is 35.8 Å². The number of nitrogens with zero attached hydrogens (tertiary/aromatic N) is 2. The summed E-state index contributed by atoms with van der Waals surface area (Å²) in [5.74, 6) is 1.65. The number of halogens is 1. The second kappa shape index (κ2) is 6.52. The van der Waals surface area contributed by atoms with Crippen LogP contribution >= 0.6 is 15.9 Å². The maximum absolute atomic E-state index is 5.59. The molecule has 0 atom stereocenters. The van der Waals surface area contributed by atoms with Crippen LogP contribution in [0.2, 0.25) is 0 Å². The lowest BCUT2D eigenvalue weighted by molar-refractivity contribution is -0.0601. The number of ether oxygens (including phenoxy) is 1. The molecule has 0 amide bonds. The van der Waals surface area contributed by atoms with E-state index in [-0.39, 0.29) is 5.60 Å². The van der Waals surface area contributed by atoms with Crippen molar-refractivity contribution in [2.75, 3.05) is 30.8 Å². The summed E-state index contributed by atoms with van der Waals surface area (Å²) in [6.45, 7) is 3.81. The zero-order chi connectivity index (χ0) is 13.7. The van der Waals surface area contributed by atoms with Crippen LogP contribution in [0.25, 0.3) is 0 Å². The van der Waals surface area contributed by atoms with Crippen LogP contribution in [0.4, 0.5) is 11.6 Å². The SMILES string of the molecule is CCCNc1ncnc(NCC2(OC)CCC2)c1Br. The summed E-state index contributed by atoms with van der Waals surface area (Å²) < 4.78 is 6.48. The Hall–Kier alpha value is -0.880. The van der Waals surface area contributed by atoms with Crippen molar-refractivity contribution >= 4 is 27.6 Å². The Morgan fingerprint density at radius 3 is 2.53 bits per heavy atom. The van der Waals surface area contributed by atoms with Gasteiger partial charge in [-0.2, -0.15) is 0 Å². The zero-order valence-electron chi connectivity index (χ0n) is 11.5. The Labute approximate surface area is 122 Å². The number of aromatic nitrogens is 2. The minimum Gasteiger partial charge on any atom is -0.376 e. The van der Waals surface area contributed by atoms with Gasteiger partial charge >= 0.3 is 0 Å². The molecular formula is C13H21BrN4O. The van der Waals surface area contributed by atoms with E-state index in [1.165, 1.54) is 6.42 Å². The van der Waals surface area contributed by atoms with Crippen LogP contribution in [0, 0.1) is 0 Å². The number of hydrogen-bond acceptors (Lipinski definition) is 5. The van der Waals surface area contributed by atoms with Crippen molar-refractivity contribution in [3.05, 3.63) is 10.8 Å². The fourth-order valence-corrected chi connectivity index (χ4v) is 2.61. The van der Waals surface area contributed by atoms with Crippen molar-refractivity contribution in [2.45, 2.75) is 38.2 Å². The summed E-state index contributed by atoms with van der Waals surface area (Å²) >= 11 is 3.55. The van der Waals surface area contributed by atoms with E-state index in [1.54, 1.807) is 13.4 Å². The molecule has 5 nitrogen and oxygen atoms in total. The van der Waals surface area contributed by atoms with Crippen molar-refractivity contribution in [3.63, 3.8) is 0 Å². The van der Waals surface area contributed by atoms with Gasteiger partial charge in [-0.05, 0) is 41.6 Å². The van der Waals surface area contributed by atoms with Crippen LogP contribution < -0.4 is 10.6 Å². The number of anilines is 2. The van der Waals surface area contributed by atoms with Gasteiger partial charge in [0.2, 0.25) is 0 Å². The topological polar surface area (TPSA) is 59.1 Å². The second-order valence-electron chi connectivity index (χ2n) is 4.91. The molecule has 19 heavy (non-hydrogen) atoms. The van der Waals surface area contributed by atoms with E-state index >= 15 is 0 Å². The van der Waals surface area contributed by atoms with Gasteiger partial charge in [0.25, 0.3) is 0 Å². The molecule has 0 radical (unpaired) electrons. The maximum atomic E-state index is 5.59. The van der Waals surface area contributed by atoms with Crippen LogP contribution in [0.5, 0.6) is 0 Å². The first-order chi connectivity index (χ1) is 9.21. The number of rotatable bonds is 7. The summed E-state index contributed by atoms with van der Waals surface area (Å²) in [4.78, 5) is 8.51. The van der Waals surface area contributed by atoms with E-state index in [1.807, 2.05) is 0 Å². The molecule has 0 aliphatic heterocycles. The molecule has 1 heterocycles. The molecule has 106 valence electrons. The van der Waals surface area contributed by atoms with Crippen molar-refractivity contribution in [3.8, 4) is 0 Å². The highest BCUT2D eigenvalue weighted by molar-refractivity contribution is 9.10. The van der Waals surface area contributed by atoms with E-state index in [0.29, 0.717) is 0 Å². The predicted molar refractivity (Wildman–Crippen MR) is 80.6 cm³/mol. The number of methoxy groups -OCH3 is 1. The Morgan fingerprint density at radius 1 is 1.32 bits per heavy atom. The molecule has 1 saturated carbocycles. The second-order valence-corrected chi connectivity index (χ2v) is 5.70. The lowest BCUT2D eigenvalue weighted by atomic mass is 9.80. The van der Waals surface area contributed by atoms with Crippen molar-refractivity contribution in [1.29, 1.82) is 0 Å². The van der Waals surface area contributed by atoms with Crippen molar-refractivity contribution < 1.29 is 4.74 Å². The fourth-order valence-electron chi connectivity index (χ4n) is 2.13. The van der Waals surface area contributed by atoms with E-state index in [4.69, 9.17) is 4.74 Å². The van der Waals surface area contributed by atoms with E-state index in [0.717, 1.165) is 48.5 Å². The summed E-state index contributed by atoms with van der Waals surface area (Å²) in [7, 11) is 1.78. The quantitative estimate of drug-likeness (QED) is 0.805. The van der Waals surface area contributed by atoms with E-state index in [2.05, 4.69) is 43.5 Å². The van der Waals surface area contributed by atoms with Gasteiger partial charge in [-0.1, -0.05) is 6.92 Å². The highest BCUT2D eigenvalue weighted by Gasteiger charge is 2.36. The van der Waals surface area contributed by atoms with Crippen molar-refractivity contribution in [1.82, 2.24) is 9.97 Å². The highest BCUT2D eigenvalue weighted by atomic mass is 79.9. The van der Waals surface area contributed by atoms with E-state index in [9.17, 15) is 0 Å². The normalized spacial score (nSPS) is 16.8. The molecule has 1 aromatic heterocycles. The van der Waals surface area contributed by atoms with Gasteiger partial charge in [-0.3, -0.25) is 0 Å². The van der Waals surface area contributed by atoms with Crippen LogP contribution in [0.15, 0.2) is 10.8 Å². The van der Waals surface area contributed by atoms with Crippen molar-refractivity contribution in [2.24, 2.45) is 0 Å². The molecule has 0 aromatic carbocycles. The van der Waals surface area contributed by atoms with Gasteiger partial charge in [0.05, 0.1) is 5.60 Å². The summed E-state index contributed by atoms with van der Waals surface area (Å²) in [5, 5.41) is 6.63. The molecule has 6 heteroatoms. The van der Waals surface area contributed by atoms with Gasteiger partial charge in [0, 0.05) is 20.2 Å². The largest absolute Gasteiger partial charge is 0.376 e. The van der Waals surface area contributed by atoms with Gasteiger partial charge in [-0.25, -0.2) is 9.97 Å². The van der Waals surface area contributed by atoms with Gasteiger partial charge in [-0.15, -0.1) is 0 Å². The molecule has 1 fully saturated rings. The van der Waals surface area contributed by atoms with E-state index < -0.39 is 0 Å². The molecule has 2 rings (SSSR count).